The van der Waals surface area contributed by atoms with Gasteiger partial charge < -0.3 is 15.2 Å². The van der Waals surface area contributed by atoms with Crippen molar-refractivity contribution in [2.45, 2.75) is 6.61 Å². The van der Waals surface area contributed by atoms with Crippen molar-refractivity contribution in [3.05, 3.63) is 53.3 Å². The third-order valence-electron chi connectivity index (χ3n) is 2.75. The molecule has 2 aromatic rings. The van der Waals surface area contributed by atoms with Crippen LogP contribution in [0, 0.1) is 17.1 Å². The van der Waals surface area contributed by atoms with Crippen LogP contribution in [0.2, 0.25) is 0 Å². The molecular weight excluding hydrogens is 259 g/mol. The van der Waals surface area contributed by atoms with Crippen LogP contribution < -0.4 is 15.2 Å². The Hall–Kier alpha value is -2.74. The molecule has 0 bridgehead atoms. The maximum absolute atomic E-state index is 13.5. The quantitative estimate of drug-likeness (QED) is 0.869. The van der Waals surface area contributed by atoms with Crippen molar-refractivity contribution in [3.63, 3.8) is 0 Å². The Balaban J connectivity index is 2.09. The zero-order valence-corrected chi connectivity index (χ0v) is 10.9. The van der Waals surface area contributed by atoms with Crippen molar-refractivity contribution in [2.75, 3.05) is 12.8 Å². The summed E-state index contributed by atoms with van der Waals surface area (Å²) in [6.07, 6.45) is 0. The number of nitrogen functional groups attached to an aromatic ring is 1. The molecule has 0 fully saturated rings. The molecule has 0 aliphatic carbocycles. The smallest absolute Gasteiger partial charge is 0.165 e. The van der Waals surface area contributed by atoms with Crippen LogP contribution in [0.4, 0.5) is 10.1 Å². The summed E-state index contributed by atoms with van der Waals surface area (Å²) in [6.45, 7) is 0.178. The molecule has 0 spiro atoms. The number of nitrogens with zero attached hydrogens (tertiary/aromatic N) is 1. The van der Waals surface area contributed by atoms with Gasteiger partial charge >= 0.3 is 0 Å². The minimum atomic E-state index is -0.443. The molecule has 2 aromatic carbocycles. The Bertz CT molecular complexity index is 665. The van der Waals surface area contributed by atoms with Crippen molar-refractivity contribution in [1.82, 2.24) is 0 Å². The molecule has 0 aliphatic heterocycles. The minimum Gasteiger partial charge on any atom is -0.494 e. The molecule has 0 amide bonds. The highest BCUT2D eigenvalue weighted by Gasteiger charge is 2.06. The lowest BCUT2D eigenvalue weighted by molar-refractivity contribution is 0.306. The van der Waals surface area contributed by atoms with E-state index < -0.39 is 5.82 Å². The predicted octanol–water partition coefficient (Wildman–Crippen LogP) is 2.87. The first-order valence-electron chi connectivity index (χ1n) is 5.89. The second-order valence-electron chi connectivity index (χ2n) is 4.12. The highest BCUT2D eigenvalue weighted by atomic mass is 19.1. The van der Waals surface area contributed by atoms with Gasteiger partial charge in [0.15, 0.2) is 11.6 Å². The highest BCUT2D eigenvalue weighted by Crippen LogP contribution is 2.24. The van der Waals surface area contributed by atoms with E-state index in [1.165, 1.54) is 25.3 Å². The summed E-state index contributed by atoms with van der Waals surface area (Å²) in [5.74, 6) is 0.202. The van der Waals surface area contributed by atoms with Gasteiger partial charge in [-0.25, -0.2) is 4.39 Å². The van der Waals surface area contributed by atoms with Gasteiger partial charge in [0.1, 0.15) is 12.4 Å². The Morgan fingerprint density at radius 1 is 1.20 bits per heavy atom. The van der Waals surface area contributed by atoms with E-state index >= 15 is 0 Å². The van der Waals surface area contributed by atoms with E-state index in [1.807, 2.05) is 6.07 Å². The van der Waals surface area contributed by atoms with E-state index in [4.69, 9.17) is 20.5 Å². The molecule has 0 aromatic heterocycles. The van der Waals surface area contributed by atoms with Crippen LogP contribution in [-0.4, -0.2) is 7.11 Å². The van der Waals surface area contributed by atoms with E-state index in [2.05, 4.69) is 0 Å². The van der Waals surface area contributed by atoms with E-state index in [1.54, 1.807) is 18.2 Å². The van der Waals surface area contributed by atoms with Crippen LogP contribution in [-0.2, 0) is 6.61 Å². The Labute approximate surface area is 116 Å². The van der Waals surface area contributed by atoms with Crippen molar-refractivity contribution in [1.29, 1.82) is 5.26 Å². The standard InChI is InChI=1S/C15H13FN2O2/c1-19-14-4-3-11(6-12(14)16)9-20-15-5-2-10(8-17)7-13(15)18/h2-7H,9,18H2,1H3. The monoisotopic (exact) mass is 272 g/mol. The largest absolute Gasteiger partial charge is 0.494 e. The third-order valence-corrected chi connectivity index (χ3v) is 2.75. The molecular formula is C15H13FN2O2. The fourth-order valence-corrected chi connectivity index (χ4v) is 1.71. The Morgan fingerprint density at radius 3 is 2.55 bits per heavy atom. The van der Waals surface area contributed by atoms with Gasteiger partial charge in [-0.05, 0) is 35.9 Å². The fourth-order valence-electron chi connectivity index (χ4n) is 1.71. The second-order valence-corrected chi connectivity index (χ2v) is 4.12. The topological polar surface area (TPSA) is 68.3 Å². The van der Waals surface area contributed by atoms with Gasteiger partial charge in [0.25, 0.3) is 0 Å². The predicted molar refractivity (Wildman–Crippen MR) is 72.9 cm³/mol. The maximum Gasteiger partial charge on any atom is 0.165 e. The van der Waals surface area contributed by atoms with Crippen LogP contribution in [0.15, 0.2) is 36.4 Å². The van der Waals surface area contributed by atoms with Gasteiger partial charge in [-0.1, -0.05) is 6.07 Å². The number of nitrogens with two attached hydrogens (primary N) is 1. The van der Waals surface area contributed by atoms with Crippen LogP contribution >= 0.6 is 0 Å². The lowest BCUT2D eigenvalue weighted by Gasteiger charge is -2.10. The normalized spacial score (nSPS) is 9.85. The van der Waals surface area contributed by atoms with Crippen LogP contribution in [0.25, 0.3) is 0 Å². The molecule has 0 radical (unpaired) electrons. The number of methoxy groups -OCH3 is 1. The summed E-state index contributed by atoms with van der Waals surface area (Å²) in [7, 11) is 1.41. The molecule has 0 heterocycles. The fraction of sp³-hybridized carbons (Fsp3) is 0.133. The summed E-state index contributed by atoms with van der Waals surface area (Å²) < 4.78 is 23.9. The molecule has 2 N–H and O–H groups in total. The van der Waals surface area contributed by atoms with Crippen molar-refractivity contribution in [3.8, 4) is 17.6 Å². The van der Waals surface area contributed by atoms with Crippen LogP contribution in [0.3, 0.4) is 0 Å². The van der Waals surface area contributed by atoms with Gasteiger partial charge in [0, 0.05) is 0 Å². The molecule has 0 saturated carbocycles. The maximum atomic E-state index is 13.5. The number of hydrogen-bond acceptors (Lipinski definition) is 4. The molecule has 4 nitrogen and oxygen atoms in total. The average molecular weight is 272 g/mol. The summed E-state index contributed by atoms with van der Waals surface area (Å²) in [5, 5.41) is 8.74. The Morgan fingerprint density at radius 2 is 1.95 bits per heavy atom. The number of hydrogen-bond donors (Lipinski definition) is 1. The van der Waals surface area contributed by atoms with E-state index in [9.17, 15) is 4.39 Å². The summed E-state index contributed by atoms with van der Waals surface area (Å²) in [4.78, 5) is 0. The van der Waals surface area contributed by atoms with E-state index in [0.717, 1.165) is 0 Å². The van der Waals surface area contributed by atoms with Crippen LogP contribution in [0.1, 0.15) is 11.1 Å². The van der Waals surface area contributed by atoms with Crippen molar-refractivity contribution >= 4 is 5.69 Å². The number of anilines is 1. The number of benzene rings is 2. The number of ether oxygens (including phenoxy) is 2. The lowest BCUT2D eigenvalue weighted by Crippen LogP contribution is -2.00. The molecule has 20 heavy (non-hydrogen) atoms. The summed E-state index contributed by atoms with van der Waals surface area (Å²) in [5.41, 5.74) is 7.26. The van der Waals surface area contributed by atoms with Gasteiger partial charge in [-0.2, -0.15) is 5.26 Å². The first-order valence-corrected chi connectivity index (χ1v) is 5.89. The number of rotatable bonds is 4. The number of halogens is 1. The molecule has 0 aliphatic rings. The van der Waals surface area contributed by atoms with E-state index in [0.29, 0.717) is 22.6 Å². The third kappa shape index (κ3) is 2.98. The first kappa shape index (κ1) is 13.7. The van der Waals surface area contributed by atoms with E-state index in [-0.39, 0.29) is 12.4 Å². The minimum absolute atomic E-state index is 0.178. The first-order chi connectivity index (χ1) is 9.63. The average Bonchev–Trinajstić information content (AvgIpc) is 2.46. The van der Waals surface area contributed by atoms with Crippen molar-refractivity contribution < 1.29 is 13.9 Å². The zero-order valence-electron chi connectivity index (χ0n) is 10.9. The van der Waals surface area contributed by atoms with Gasteiger partial charge in [-0.15, -0.1) is 0 Å². The Kier molecular flexibility index (Phi) is 4.06. The lowest BCUT2D eigenvalue weighted by atomic mass is 10.2. The number of nitriles is 1. The summed E-state index contributed by atoms with van der Waals surface area (Å²) >= 11 is 0. The van der Waals surface area contributed by atoms with Crippen molar-refractivity contribution in [2.24, 2.45) is 0 Å². The van der Waals surface area contributed by atoms with Crippen LogP contribution in [0.5, 0.6) is 11.5 Å². The molecule has 102 valence electrons. The van der Waals surface area contributed by atoms with Gasteiger partial charge in [0.05, 0.1) is 24.4 Å². The molecule has 5 heteroatoms. The van der Waals surface area contributed by atoms with Gasteiger partial charge in [0.2, 0.25) is 0 Å². The zero-order chi connectivity index (χ0) is 14.5. The molecule has 2 rings (SSSR count). The summed E-state index contributed by atoms with van der Waals surface area (Å²) in [6, 6.07) is 11.3. The molecule has 0 unspecified atom stereocenters. The second kappa shape index (κ2) is 5.93. The SMILES string of the molecule is COc1ccc(COc2ccc(C#N)cc2N)cc1F. The highest BCUT2D eigenvalue weighted by molar-refractivity contribution is 5.56. The van der Waals surface area contributed by atoms with Gasteiger partial charge in [-0.3, -0.25) is 0 Å². The molecule has 0 saturated heterocycles. The molecule has 0 atom stereocenters.